The highest BCUT2D eigenvalue weighted by Crippen LogP contribution is 2.44. The second-order valence-corrected chi connectivity index (χ2v) is 8.48. The van der Waals surface area contributed by atoms with E-state index in [1.165, 1.54) is 11.1 Å². The number of carboxylic acids is 1. The number of benzene rings is 2. The minimum Gasteiger partial charge on any atom is -0.480 e. The smallest absolute Gasteiger partial charge is 0.407 e. The van der Waals surface area contributed by atoms with Crippen molar-refractivity contribution in [3.05, 3.63) is 59.7 Å². The van der Waals surface area contributed by atoms with Crippen LogP contribution in [0.4, 0.5) is 4.79 Å². The van der Waals surface area contributed by atoms with Crippen molar-refractivity contribution in [1.82, 2.24) is 10.6 Å². The lowest BCUT2D eigenvalue weighted by Gasteiger charge is -2.20. The van der Waals surface area contributed by atoms with E-state index in [9.17, 15) is 19.5 Å². The summed E-state index contributed by atoms with van der Waals surface area (Å²) in [6, 6.07) is 15.5. The second-order valence-electron chi connectivity index (χ2n) is 8.48. The van der Waals surface area contributed by atoms with Gasteiger partial charge < -0.3 is 20.5 Å². The van der Waals surface area contributed by atoms with E-state index < -0.39 is 18.1 Å². The van der Waals surface area contributed by atoms with E-state index in [0.29, 0.717) is 25.8 Å². The molecule has 2 atom stereocenters. The Labute approximate surface area is 194 Å². The molecule has 1 aliphatic rings. The zero-order valence-electron chi connectivity index (χ0n) is 19.2. The van der Waals surface area contributed by atoms with Crippen molar-refractivity contribution in [2.75, 3.05) is 13.2 Å². The van der Waals surface area contributed by atoms with Crippen LogP contribution in [0.3, 0.4) is 0 Å². The number of nitrogens with one attached hydrogen (secondary N) is 2. The molecule has 0 aliphatic heterocycles. The number of rotatable bonds is 11. The molecule has 1 unspecified atom stereocenters. The van der Waals surface area contributed by atoms with Gasteiger partial charge >= 0.3 is 12.1 Å². The predicted octanol–water partition coefficient (Wildman–Crippen LogP) is 4.31. The Morgan fingerprint density at radius 1 is 1.00 bits per heavy atom. The first kappa shape index (κ1) is 24.3. The zero-order chi connectivity index (χ0) is 23.8. The number of alkyl carbamates (subject to hydrolysis) is 1. The van der Waals surface area contributed by atoms with Crippen LogP contribution in [0.1, 0.15) is 56.6 Å². The number of hydrogen-bond donors (Lipinski definition) is 3. The van der Waals surface area contributed by atoms with Gasteiger partial charge in [-0.05, 0) is 41.0 Å². The Morgan fingerprint density at radius 2 is 1.61 bits per heavy atom. The number of fused-ring (bicyclic) bond motifs is 3. The molecule has 7 nitrogen and oxygen atoms in total. The summed E-state index contributed by atoms with van der Waals surface area (Å²) in [5.74, 6) is -1.43. The maximum Gasteiger partial charge on any atom is 0.407 e. The van der Waals surface area contributed by atoms with E-state index in [-0.39, 0.29) is 30.8 Å². The van der Waals surface area contributed by atoms with Crippen LogP contribution in [0, 0.1) is 5.92 Å². The highest BCUT2D eigenvalue weighted by Gasteiger charge is 2.29. The van der Waals surface area contributed by atoms with Gasteiger partial charge in [-0.15, -0.1) is 0 Å². The average Bonchev–Trinajstić information content (AvgIpc) is 3.14. The van der Waals surface area contributed by atoms with Crippen LogP contribution < -0.4 is 10.6 Å². The summed E-state index contributed by atoms with van der Waals surface area (Å²) >= 11 is 0. The van der Waals surface area contributed by atoms with Gasteiger partial charge in [-0.25, -0.2) is 9.59 Å². The van der Waals surface area contributed by atoms with Crippen LogP contribution in [-0.2, 0) is 14.3 Å². The Kier molecular flexibility index (Phi) is 8.46. The molecule has 0 aromatic heterocycles. The summed E-state index contributed by atoms with van der Waals surface area (Å²) in [5, 5.41) is 14.6. The lowest BCUT2D eigenvalue weighted by atomic mass is 9.98. The molecular formula is C26H32N2O5. The number of aliphatic carboxylic acids is 1. The summed E-state index contributed by atoms with van der Waals surface area (Å²) in [6.07, 6.45) is 1.54. The summed E-state index contributed by atoms with van der Waals surface area (Å²) in [6.45, 7) is 4.34. The number of amides is 2. The molecule has 3 N–H and O–H groups in total. The summed E-state index contributed by atoms with van der Waals surface area (Å²) in [5.41, 5.74) is 4.68. The molecule has 0 radical (unpaired) electrons. The van der Waals surface area contributed by atoms with Crippen molar-refractivity contribution in [2.24, 2.45) is 5.92 Å². The van der Waals surface area contributed by atoms with Gasteiger partial charge in [0.2, 0.25) is 5.91 Å². The van der Waals surface area contributed by atoms with Gasteiger partial charge in [0.05, 0.1) is 0 Å². The lowest BCUT2D eigenvalue weighted by Crippen LogP contribution is -2.44. The normalized spacial score (nSPS) is 14.0. The number of carboxylic acid groups (broad SMARTS) is 1. The molecule has 7 heteroatoms. The van der Waals surface area contributed by atoms with E-state index in [1.807, 2.05) is 31.2 Å². The molecule has 0 saturated carbocycles. The van der Waals surface area contributed by atoms with E-state index >= 15 is 0 Å². The standard InChI is InChI=1S/C26H32N2O5/c1-3-17(2)24(25(30)31)28-23(29)14-8-9-15-27-26(32)33-16-22-20-12-6-4-10-18(20)19-11-5-7-13-21(19)22/h4-7,10-13,17,22,24H,3,8-9,14-16H2,1-2H3,(H,27,32)(H,28,29)(H,30,31)/t17?,24-/m0/s1. The Hall–Kier alpha value is -3.35. The molecule has 0 heterocycles. The first-order valence-electron chi connectivity index (χ1n) is 11.5. The van der Waals surface area contributed by atoms with Gasteiger partial charge in [-0.3, -0.25) is 4.79 Å². The molecular weight excluding hydrogens is 420 g/mol. The van der Waals surface area contributed by atoms with Crippen LogP contribution in [0.5, 0.6) is 0 Å². The molecule has 176 valence electrons. The predicted molar refractivity (Wildman–Crippen MR) is 126 cm³/mol. The molecule has 0 fully saturated rings. The van der Waals surface area contributed by atoms with Gasteiger partial charge in [0.25, 0.3) is 0 Å². The summed E-state index contributed by atoms with van der Waals surface area (Å²) in [4.78, 5) is 35.5. The topological polar surface area (TPSA) is 105 Å². The summed E-state index contributed by atoms with van der Waals surface area (Å²) < 4.78 is 5.49. The SMILES string of the molecule is CCC(C)[C@H](NC(=O)CCCCNC(=O)OCC1c2ccccc2-c2ccccc21)C(=O)O. The Bertz CT molecular complexity index is 945. The molecule has 1 aliphatic carbocycles. The van der Waals surface area contributed by atoms with E-state index in [4.69, 9.17) is 4.74 Å². The van der Waals surface area contributed by atoms with Crippen LogP contribution in [0.2, 0.25) is 0 Å². The van der Waals surface area contributed by atoms with E-state index in [0.717, 1.165) is 11.1 Å². The second kappa shape index (κ2) is 11.5. The quantitative estimate of drug-likeness (QED) is 0.441. The number of hydrogen-bond acceptors (Lipinski definition) is 4. The number of unbranched alkanes of at least 4 members (excludes halogenated alkanes) is 1. The zero-order valence-corrected chi connectivity index (χ0v) is 19.2. The Morgan fingerprint density at radius 3 is 2.18 bits per heavy atom. The number of carbonyl (C=O) groups is 3. The minimum absolute atomic E-state index is 0.0135. The van der Waals surface area contributed by atoms with Crippen LogP contribution >= 0.6 is 0 Å². The van der Waals surface area contributed by atoms with Gasteiger partial charge in [0.1, 0.15) is 12.6 Å². The highest BCUT2D eigenvalue weighted by molar-refractivity contribution is 5.83. The molecule has 0 bridgehead atoms. The van der Waals surface area contributed by atoms with Crippen molar-refractivity contribution in [2.45, 2.75) is 51.5 Å². The molecule has 0 saturated heterocycles. The van der Waals surface area contributed by atoms with Crippen molar-refractivity contribution >= 4 is 18.0 Å². The highest BCUT2D eigenvalue weighted by atomic mass is 16.5. The van der Waals surface area contributed by atoms with Crippen LogP contribution in [0.15, 0.2) is 48.5 Å². The van der Waals surface area contributed by atoms with Crippen molar-refractivity contribution in [3.8, 4) is 11.1 Å². The first-order chi connectivity index (χ1) is 15.9. The number of carbonyl (C=O) groups excluding carboxylic acids is 2. The van der Waals surface area contributed by atoms with Crippen LogP contribution in [0.25, 0.3) is 11.1 Å². The average molecular weight is 453 g/mol. The van der Waals surface area contributed by atoms with Gasteiger partial charge in [0, 0.05) is 18.9 Å². The summed E-state index contributed by atoms with van der Waals surface area (Å²) in [7, 11) is 0. The fourth-order valence-electron chi connectivity index (χ4n) is 4.18. The third-order valence-corrected chi connectivity index (χ3v) is 6.24. The Balaban J connectivity index is 1.38. The van der Waals surface area contributed by atoms with E-state index in [2.05, 4.69) is 34.9 Å². The molecule has 2 aromatic carbocycles. The maximum absolute atomic E-state index is 12.2. The third kappa shape index (κ3) is 6.12. The fourth-order valence-corrected chi connectivity index (χ4v) is 4.18. The minimum atomic E-state index is -1.02. The molecule has 0 spiro atoms. The largest absolute Gasteiger partial charge is 0.480 e. The molecule has 2 aromatic rings. The third-order valence-electron chi connectivity index (χ3n) is 6.24. The maximum atomic E-state index is 12.2. The first-order valence-corrected chi connectivity index (χ1v) is 11.5. The van der Waals surface area contributed by atoms with Crippen molar-refractivity contribution < 1.29 is 24.2 Å². The molecule has 33 heavy (non-hydrogen) atoms. The number of ether oxygens (including phenoxy) is 1. The molecule has 3 rings (SSSR count). The van der Waals surface area contributed by atoms with E-state index in [1.54, 1.807) is 6.92 Å². The van der Waals surface area contributed by atoms with Crippen molar-refractivity contribution in [3.63, 3.8) is 0 Å². The monoisotopic (exact) mass is 452 g/mol. The molecule has 2 amide bonds. The lowest BCUT2D eigenvalue weighted by molar-refractivity contribution is -0.143. The van der Waals surface area contributed by atoms with Gasteiger partial charge in [-0.1, -0.05) is 68.8 Å². The van der Waals surface area contributed by atoms with Gasteiger partial charge in [-0.2, -0.15) is 0 Å². The van der Waals surface area contributed by atoms with Crippen molar-refractivity contribution in [1.29, 1.82) is 0 Å². The van der Waals surface area contributed by atoms with Gasteiger partial charge in [0.15, 0.2) is 0 Å². The van der Waals surface area contributed by atoms with Crippen LogP contribution in [-0.4, -0.2) is 42.3 Å². The fraction of sp³-hybridized carbons (Fsp3) is 0.423.